The van der Waals surface area contributed by atoms with Crippen molar-refractivity contribution in [1.82, 2.24) is 4.90 Å². The highest BCUT2D eigenvalue weighted by molar-refractivity contribution is 6.46. The number of hydrogen-bond acceptors (Lipinski definition) is 5. The number of Topliss-reactive ketones (excluding diaryl/α,β-unsaturated/α-hetero) is 1. The summed E-state index contributed by atoms with van der Waals surface area (Å²) in [5, 5.41) is 11.5. The maximum atomic E-state index is 13.4. The van der Waals surface area contributed by atoms with Crippen LogP contribution in [0.1, 0.15) is 59.4 Å². The molecule has 0 saturated carbocycles. The van der Waals surface area contributed by atoms with Gasteiger partial charge in [-0.25, -0.2) is 0 Å². The third-order valence-electron chi connectivity index (χ3n) is 7.05. The molecular formula is C33H31NO5. The SMILES string of the molecule is Cc1cc(/C(O)=C2/C(=O)C(=O)N(Cc3ccco3)C2c2ccc(C(C)C)cc2)ccc1OCc1ccccc1. The molecule has 0 spiro atoms. The van der Waals surface area contributed by atoms with Gasteiger partial charge in [-0.15, -0.1) is 0 Å². The third kappa shape index (κ3) is 5.36. The van der Waals surface area contributed by atoms with Gasteiger partial charge in [0.05, 0.1) is 24.4 Å². The van der Waals surface area contributed by atoms with Crippen LogP contribution in [0.3, 0.4) is 0 Å². The fourth-order valence-electron chi connectivity index (χ4n) is 4.87. The monoisotopic (exact) mass is 521 g/mol. The van der Waals surface area contributed by atoms with E-state index in [-0.39, 0.29) is 17.9 Å². The molecule has 1 atom stereocenters. The molecule has 1 aliphatic heterocycles. The number of nitrogens with zero attached hydrogens (tertiary/aromatic N) is 1. The summed E-state index contributed by atoms with van der Waals surface area (Å²) in [6.07, 6.45) is 1.53. The number of aryl methyl sites for hydroxylation is 1. The molecule has 1 saturated heterocycles. The van der Waals surface area contributed by atoms with Gasteiger partial charge < -0.3 is 19.2 Å². The second-order valence-electron chi connectivity index (χ2n) is 10.1. The van der Waals surface area contributed by atoms with E-state index < -0.39 is 17.7 Å². The van der Waals surface area contributed by atoms with Crippen molar-refractivity contribution in [2.45, 2.75) is 45.9 Å². The molecule has 1 N–H and O–H groups in total. The zero-order chi connectivity index (χ0) is 27.5. The van der Waals surface area contributed by atoms with Crippen molar-refractivity contribution in [3.05, 3.63) is 130 Å². The van der Waals surface area contributed by atoms with Gasteiger partial charge in [0.2, 0.25) is 0 Å². The molecule has 39 heavy (non-hydrogen) atoms. The maximum absolute atomic E-state index is 13.4. The number of amides is 1. The Balaban J connectivity index is 1.51. The number of hydrogen-bond donors (Lipinski definition) is 1. The number of ether oxygens (including phenoxy) is 1. The van der Waals surface area contributed by atoms with Crippen LogP contribution >= 0.6 is 0 Å². The van der Waals surface area contributed by atoms with Gasteiger partial charge >= 0.3 is 0 Å². The molecule has 198 valence electrons. The smallest absolute Gasteiger partial charge is 0.296 e. The second-order valence-corrected chi connectivity index (χ2v) is 10.1. The second kappa shape index (κ2) is 11.0. The Morgan fingerprint density at radius 3 is 2.36 bits per heavy atom. The Labute approximate surface area is 228 Å². The number of aliphatic hydroxyl groups is 1. The molecule has 5 rings (SSSR count). The molecule has 1 amide bonds. The third-order valence-corrected chi connectivity index (χ3v) is 7.05. The van der Waals surface area contributed by atoms with Crippen LogP contribution in [0.2, 0.25) is 0 Å². The standard InChI is InChI=1S/C33H31NO5/c1-21(2)24-11-13-25(14-12-24)30-29(32(36)33(37)34(30)19-27-10-7-17-38-27)31(35)26-15-16-28(22(3)18-26)39-20-23-8-5-4-6-9-23/h4-18,21,30,35H,19-20H2,1-3H3/b31-29-. The molecule has 4 aromatic rings. The van der Waals surface area contributed by atoms with Gasteiger partial charge in [-0.05, 0) is 65.4 Å². The van der Waals surface area contributed by atoms with Crippen LogP contribution in [0.15, 0.2) is 101 Å². The summed E-state index contributed by atoms with van der Waals surface area (Å²) in [4.78, 5) is 28.1. The number of furan rings is 1. The van der Waals surface area contributed by atoms with E-state index in [2.05, 4.69) is 13.8 Å². The van der Waals surface area contributed by atoms with E-state index in [4.69, 9.17) is 9.15 Å². The normalized spacial score (nSPS) is 16.7. The maximum Gasteiger partial charge on any atom is 0.296 e. The predicted octanol–water partition coefficient (Wildman–Crippen LogP) is 6.91. The lowest BCUT2D eigenvalue weighted by Gasteiger charge is -2.25. The number of likely N-dealkylation sites (tertiary alicyclic amines) is 1. The molecule has 6 heteroatoms. The Bertz CT molecular complexity index is 1500. The zero-order valence-corrected chi connectivity index (χ0v) is 22.3. The highest BCUT2D eigenvalue weighted by atomic mass is 16.5. The summed E-state index contributed by atoms with van der Waals surface area (Å²) in [6.45, 7) is 6.61. The first-order valence-electron chi connectivity index (χ1n) is 13.0. The lowest BCUT2D eigenvalue weighted by molar-refractivity contribution is -0.140. The van der Waals surface area contributed by atoms with Gasteiger partial charge in [0, 0.05) is 5.56 Å². The van der Waals surface area contributed by atoms with Crippen molar-refractivity contribution in [1.29, 1.82) is 0 Å². The first-order chi connectivity index (χ1) is 18.8. The molecule has 0 radical (unpaired) electrons. The molecule has 0 aliphatic carbocycles. The molecule has 1 unspecified atom stereocenters. The van der Waals surface area contributed by atoms with Crippen molar-refractivity contribution in [3.8, 4) is 5.75 Å². The van der Waals surface area contributed by atoms with Gasteiger partial charge in [-0.3, -0.25) is 9.59 Å². The minimum atomic E-state index is -0.759. The fraction of sp³-hybridized carbons (Fsp3) is 0.212. The number of rotatable bonds is 8. The average Bonchev–Trinajstić information content (AvgIpc) is 3.55. The van der Waals surface area contributed by atoms with E-state index >= 15 is 0 Å². The Morgan fingerprint density at radius 1 is 0.974 bits per heavy atom. The van der Waals surface area contributed by atoms with Crippen LogP contribution < -0.4 is 4.74 Å². The van der Waals surface area contributed by atoms with E-state index in [9.17, 15) is 14.7 Å². The highest BCUT2D eigenvalue weighted by Gasteiger charge is 2.46. The highest BCUT2D eigenvalue weighted by Crippen LogP contribution is 2.41. The van der Waals surface area contributed by atoms with Gasteiger partial charge in [0.25, 0.3) is 11.7 Å². The molecule has 1 aromatic heterocycles. The molecule has 1 fully saturated rings. The summed E-state index contributed by atoms with van der Waals surface area (Å²) < 4.78 is 11.5. The van der Waals surface area contributed by atoms with E-state index in [0.717, 1.165) is 22.3 Å². The van der Waals surface area contributed by atoms with Gasteiger partial charge in [0.1, 0.15) is 23.9 Å². The Kier molecular flexibility index (Phi) is 7.37. The number of ketones is 1. The van der Waals surface area contributed by atoms with Crippen LogP contribution in [-0.2, 0) is 22.7 Å². The lowest BCUT2D eigenvalue weighted by atomic mass is 9.93. The summed E-state index contributed by atoms with van der Waals surface area (Å²) in [5.41, 5.74) is 4.23. The van der Waals surface area contributed by atoms with Gasteiger partial charge in [-0.1, -0.05) is 68.4 Å². The van der Waals surface area contributed by atoms with Crippen LogP contribution in [0, 0.1) is 6.92 Å². The summed E-state index contributed by atoms with van der Waals surface area (Å²) in [5.74, 6) is -0.0551. The van der Waals surface area contributed by atoms with Crippen molar-refractivity contribution >= 4 is 17.4 Å². The summed E-state index contributed by atoms with van der Waals surface area (Å²) in [7, 11) is 0. The number of benzene rings is 3. The van der Waals surface area contributed by atoms with Gasteiger partial charge in [-0.2, -0.15) is 0 Å². The number of carbonyl (C=O) groups excluding carboxylic acids is 2. The van der Waals surface area contributed by atoms with Crippen molar-refractivity contribution in [3.63, 3.8) is 0 Å². The molecule has 2 heterocycles. The van der Waals surface area contributed by atoms with Crippen LogP contribution in [0.4, 0.5) is 0 Å². The molecule has 1 aliphatic rings. The summed E-state index contributed by atoms with van der Waals surface area (Å²) in [6, 6.07) is 25.7. The minimum absolute atomic E-state index is 0.0567. The minimum Gasteiger partial charge on any atom is -0.507 e. The lowest BCUT2D eigenvalue weighted by Crippen LogP contribution is -2.29. The van der Waals surface area contributed by atoms with Crippen molar-refractivity contribution in [2.75, 3.05) is 0 Å². The van der Waals surface area contributed by atoms with E-state index in [1.54, 1.807) is 30.3 Å². The Morgan fingerprint density at radius 2 is 1.72 bits per heavy atom. The first kappa shape index (κ1) is 26.0. The van der Waals surface area contributed by atoms with Crippen LogP contribution in [0.5, 0.6) is 5.75 Å². The zero-order valence-electron chi connectivity index (χ0n) is 22.3. The first-order valence-corrected chi connectivity index (χ1v) is 13.0. The molecule has 0 bridgehead atoms. The van der Waals surface area contributed by atoms with Crippen LogP contribution in [-0.4, -0.2) is 21.7 Å². The van der Waals surface area contributed by atoms with E-state index in [1.165, 1.54) is 11.2 Å². The largest absolute Gasteiger partial charge is 0.507 e. The molecular weight excluding hydrogens is 490 g/mol. The predicted molar refractivity (Wildman–Crippen MR) is 149 cm³/mol. The average molecular weight is 522 g/mol. The fourth-order valence-corrected chi connectivity index (χ4v) is 4.87. The van der Waals surface area contributed by atoms with Crippen LogP contribution in [0.25, 0.3) is 5.76 Å². The Hall–Kier alpha value is -4.58. The summed E-state index contributed by atoms with van der Waals surface area (Å²) >= 11 is 0. The number of aliphatic hydroxyl groups excluding tert-OH is 1. The number of carbonyl (C=O) groups is 2. The quantitative estimate of drug-likeness (QED) is 0.155. The topological polar surface area (TPSA) is 80.0 Å². The molecule has 3 aromatic carbocycles. The van der Waals surface area contributed by atoms with Crippen molar-refractivity contribution in [2.24, 2.45) is 0 Å². The van der Waals surface area contributed by atoms with Gasteiger partial charge in [0.15, 0.2) is 0 Å². The van der Waals surface area contributed by atoms with Crippen molar-refractivity contribution < 1.29 is 23.8 Å². The van der Waals surface area contributed by atoms with E-state index in [1.807, 2.05) is 61.5 Å². The van der Waals surface area contributed by atoms with E-state index in [0.29, 0.717) is 29.6 Å². The molecule has 6 nitrogen and oxygen atoms in total.